The molecule has 0 unspecified atom stereocenters. The van der Waals surface area contributed by atoms with Crippen molar-refractivity contribution < 1.29 is 9.31 Å². The third-order valence-electron chi connectivity index (χ3n) is 4.93. The molecule has 1 aliphatic heterocycles. The number of aryl methyl sites for hydroxylation is 1. The first-order chi connectivity index (χ1) is 10.3. The molecule has 22 heavy (non-hydrogen) atoms. The van der Waals surface area contributed by atoms with E-state index in [1.165, 1.54) is 0 Å². The maximum Gasteiger partial charge on any atom is 0.498 e. The summed E-state index contributed by atoms with van der Waals surface area (Å²) in [7, 11) is -0.318. The first kappa shape index (κ1) is 17.5. The highest BCUT2D eigenvalue weighted by Gasteiger charge is 2.52. The topological polar surface area (TPSA) is 39.5 Å². The van der Waals surface area contributed by atoms with Gasteiger partial charge in [0.25, 0.3) is 0 Å². The summed E-state index contributed by atoms with van der Waals surface area (Å²) in [6, 6.07) is 0. The maximum absolute atomic E-state index is 6.06. The summed E-state index contributed by atoms with van der Waals surface area (Å²) < 4.78 is 14.1. The number of aromatic nitrogens is 2. The summed E-state index contributed by atoms with van der Waals surface area (Å²) >= 11 is 0. The molecule has 1 fully saturated rings. The van der Waals surface area contributed by atoms with Gasteiger partial charge in [-0.05, 0) is 53.8 Å². The van der Waals surface area contributed by atoms with Gasteiger partial charge in [-0.3, -0.25) is 4.68 Å². The van der Waals surface area contributed by atoms with Gasteiger partial charge in [0.05, 0.1) is 11.2 Å². The molecule has 1 saturated heterocycles. The summed E-state index contributed by atoms with van der Waals surface area (Å²) in [6.07, 6.45) is 5.01. The van der Waals surface area contributed by atoms with Crippen molar-refractivity contribution >= 4 is 12.6 Å². The molecule has 2 rings (SSSR count). The molecule has 5 nitrogen and oxygen atoms in total. The Labute approximate surface area is 135 Å². The van der Waals surface area contributed by atoms with Crippen LogP contribution < -0.4 is 5.46 Å². The fourth-order valence-electron chi connectivity index (χ4n) is 2.60. The van der Waals surface area contributed by atoms with Crippen LogP contribution in [0.3, 0.4) is 0 Å². The minimum absolute atomic E-state index is 0.303. The average Bonchev–Trinajstić information content (AvgIpc) is 2.98. The number of rotatable bonds is 7. The minimum atomic E-state index is -0.318. The molecule has 1 aliphatic rings. The predicted octanol–water partition coefficient (Wildman–Crippen LogP) is 1.91. The summed E-state index contributed by atoms with van der Waals surface area (Å²) in [6.45, 7) is 16.9. The first-order valence-electron chi connectivity index (χ1n) is 8.39. The van der Waals surface area contributed by atoms with E-state index in [9.17, 15) is 0 Å². The molecule has 0 radical (unpaired) electrons. The highest BCUT2D eigenvalue weighted by atomic mass is 16.7. The maximum atomic E-state index is 6.06. The summed E-state index contributed by atoms with van der Waals surface area (Å²) in [4.78, 5) is 2.43. The molecule has 0 aliphatic carbocycles. The molecular weight excluding hydrogens is 277 g/mol. The minimum Gasteiger partial charge on any atom is -0.399 e. The molecule has 1 aromatic heterocycles. The second-order valence-electron chi connectivity index (χ2n) is 7.01. The molecule has 2 heterocycles. The van der Waals surface area contributed by atoms with Crippen LogP contribution in [0.4, 0.5) is 0 Å². The van der Waals surface area contributed by atoms with Gasteiger partial charge in [-0.25, -0.2) is 0 Å². The van der Waals surface area contributed by atoms with Crippen molar-refractivity contribution in [3.63, 3.8) is 0 Å². The van der Waals surface area contributed by atoms with Gasteiger partial charge in [0, 0.05) is 24.4 Å². The normalized spacial score (nSPS) is 20.0. The molecule has 124 valence electrons. The lowest BCUT2D eigenvalue weighted by Crippen LogP contribution is -2.41. The van der Waals surface area contributed by atoms with Crippen LogP contribution in [0.2, 0.25) is 0 Å². The van der Waals surface area contributed by atoms with E-state index in [4.69, 9.17) is 9.31 Å². The van der Waals surface area contributed by atoms with Gasteiger partial charge >= 0.3 is 7.12 Å². The quantitative estimate of drug-likeness (QED) is 0.722. The fourth-order valence-corrected chi connectivity index (χ4v) is 2.60. The van der Waals surface area contributed by atoms with Gasteiger partial charge < -0.3 is 14.2 Å². The predicted molar refractivity (Wildman–Crippen MR) is 90.3 cm³/mol. The van der Waals surface area contributed by atoms with Gasteiger partial charge in [-0.1, -0.05) is 13.8 Å². The fraction of sp³-hybridized carbons (Fsp3) is 0.812. The van der Waals surface area contributed by atoms with E-state index in [1.807, 2.05) is 17.1 Å². The summed E-state index contributed by atoms with van der Waals surface area (Å²) in [5.41, 5.74) is 0.395. The zero-order chi connectivity index (χ0) is 16.4. The Morgan fingerprint density at radius 2 is 1.73 bits per heavy atom. The molecular formula is C16H30BN3O2. The van der Waals surface area contributed by atoms with Crippen LogP contribution in [0.1, 0.15) is 48.0 Å². The van der Waals surface area contributed by atoms with E-state index in [0.29, 0.717) is 0 Å². The van der Waals surface area contributed by atoms with Crippen molar-refractivity contribution in [2.45, 2.75) is 65.7 Å². The summed E-state index contributed by atoms with van der Waals surface area (Å²) in [5, 5.41) is 4.44. The van der Waals surface area contributed by atoms with Crippen LogP contribution in [0.15, 0.2) is 12.4 Å². The van der Waals surface area contributed by atoms with Crippen LogP contribution in [-0.2, 0) is 15.9 Å². The zero-order valence-corrected chi connectivity index (χ0v) is 14.9. The van der Waals surface area contributed by atoms with Gasteiger partial charge in [-0.2, -0.15) is 5.10 Å². The van der Waals surface area contributed by atoms with Crippen molar-refractivity contribution in [1.82, 2.24) is 14.7 Å². The van der Waals surface area contributed by atoms with Crippen molar-refractivity contribution in [3.8, 4) is 0 Å². The zero-order valence-electron chi connectivity index (χ0n) is 14.9. The van der Waals surface area contributed by atoms with Crippen LogP contribution in [0, 0.1) is 0 Å². The van der Waals surface area contributed by atoms with Gasteiger partial charge in [0.15, 0.2) is 0 Å². The average molecular weight is 307 g/mol. The smallest absolute Gasteiger partial charge is 0.399 e. The van der Waals surface area contributed by atoms with E-state index in [0.717, 1.165) is 38.1 Å². The van der Waals surface area contributed by atoms with Gasteiger partial charge in [0.1, 0.15) is 0 Å². The Bertz CT molecular complexity index is 467. The van der Waals surface area contributed by atoms with Crippen molar-refractivity contribution in [3.05, 3.63) is 12.4 Å². The lowest BCUT2D eigenvalue weighted by molar-refractivity contribution is 0.00578. The van der Waals surface area contributed by atoms with Crippen LogP contribution in [-0.4, -0.2) is 52.6 Å². The molecule has 0 spiro atoms. The van der Waals surface area contributed by atoms with Crippen LogP contribution in [0.25, 0.3) is 0 Å². The SMILES string of the molecule is CCN(CC)CCCn1cc(B2OC(C)(C)C(C)(C)O2)cn1. The highest BCUT2D eigenvalue weighted by molar-refractivity contribution is 6.61. The Morgan fingerprint density at radius 3 is 2.27 bits per heavy atom. The first-order valence-corrected chi connectivity index (χ1v) is 8.39. The highest BCUT2D eigenvalue weighted by Crippen LogP contribution is 2.36. The monoisotopic (exact) mass is 307 g/mol. The Balaban J connectivity index is 1.90. The van der Waals surface area contributed by atoms with E-state index >= 15 is 0 Å². The molecule has 0 aromatic carbocycles. The van der Waals surface area contributed by atoms with E-state index in [1.54, 1.807) is 0 Å². The van der Waals surface area contributed by atoms with Crippen molar-refractivity contribution in [2.24, 2.45) is 0 Å². The molecule has 0 bridgehead atoms. The summed E-state index contributed by atoms with van der Waals surface area (Å²) in [5.74, 6) is 0. The lowest BCUT2D eigenvalue weighted by Gasteiger charge is -2.32. The van der Waals surface area contributed by atoms with E-state index in [-0.39, 0.29) is 18.3 Å². The third-order valence-corrected chi connectivity index (χ3v) is 4.93. The van der Waals surface area contributed by atoms with Crippen molar-refractivity contribution in [1.29, 1.82) is 0 Å². The second kappa shape index (κ2) is 6.73. The molecule has 0 amide bonds. The third kappa shape index (κ3) is 3.73. The molecule has 6 heteroatoms. The number of hydrogen-bond acceptors (Lipinski definition) is 4. The Hall–Kier alpha value is -0.845. The van der Waals surface area contributed by atoms with Crippen molar-refractivity contribution in [2.75, 3.05) is 19.6 Å². The van der Waals surface area contributed by atoms with Crippen LogP contribution in [0.5, 0.6) is 0 Å². The van der Waals surface area contributed by atoms with E-state index < -0.39 is 0 Å². The Kier molecular flexibility index (Phi) is 5.35. The Morgan fingerprint density at radius 1 is 1.14 bits per heavy atom. The van der Waals surface area contributed by atoms with E-state index in [2.05, 4.69) is 51.5 Å². The largest absolute Gasteiger partial charge is 0.498 e. The van der Waals surface area contributed by atoms with Gasteiger partial charge in [-0.15, -0.1) is 0 Å². The molecule has 0 atom stereocenters. The standard InChI is InChI=1S/C16H30BN3O2/c1-7-19(8-2)10-9-11-20-13-14(12-18-20)17-21-15(3,4)16(5,6)22-17/h12-13H,7-11H2,1-6H3. The number of nitrogens with zero attached hydrogens (tertiary/aromatic N) is 3. The molecule has 0 saturated carbocycles. The molecule has 1 aromatic rings. The molecule has 0 N–H and O–H groups in total. The van der Waals surface area contributed by atoms with Gasteiger partial charge in [0.2, 0.25) is 0 Å². The second-order valence-corrected chi connectivity index (χ2v) is 7.01. The number of hydrogen-bond donors (Lipinski definition) is 0. The lowest BCUT2D eigenvalue weighted by atomic mass is 9.82. The van der Waals surface area contributed by atoms with Crippen LogP contribution >= 0.6 is 0 Å².